The zero-order valence-corrected chi connectivity index (χ0v) is 13.1. The molecule has 2 aromatic rings. The summed E-state index contributed by atoms with van der Waals surface area (Å²) in [6.07, 6.45) is -0.732. The Bertz CT molecular complexity index is 692. The summed E-state index contributed by atoms with van der Waals surface area (Å²) in [5.41, 5.74) is -0.0822. The first-order chi connectivity index (χ1) is 11.4. The lowest BCUT2D eigenvalue weighted by atomic mass is 10.1. The largest absolute Gasteiger partial charge is 0.433 e. The standard InChI is InChI=1S/C14H18F3N7/c1-9-6-12(14(15,16)17)21-13(20-9)19-7-10-8-24(23-22-10)11-2-4-18-5-3-11/h6,8,11,18H,2-5,7H2,1H3,(H,19,20,21). The topological polar surface area (TPSA) is 80.5 Å². The minimum Gasteiger partial charge on any atom is -0.348 e. The summed E-state index contributed by atoms with van der Waals surface area (Å²) < 4.78 is 40.1. The van der Waals surface area contributed by atoms with Gasteiger partial charge in [-0.15, -0.1) is 5.10 Å². The Morgan fingerprint density at radius 2 is 2.04 bits per heavy atom. The van der Waals surface area contributed by atoms with Gasteiger partial charge < -0.3 is 10.6 Å². The monoisotopic (exact) mass is 341 g/mol. The van der Waals surface area contributed by atoms with Crippen molar-refractivity contribution in [2.24, 2.45) is 0 Å². The molecule has 1 fully saturated rings. The number of piperidine rings is 1. The van der Waals surface area contributed by atoms with Crippen molar-refractivity contribution in [1.82, 2.24) is 30.3 Å². The van der Waals surface area contributed by atoms with E-state index in [0.717, 1.165) is 32.0 Å². The molecule has 0 spiro atoms. The highest BCUT2D eigenvalue weighted by atomic mass is 19.4. The Balaban J connectivity index is 1.65. The van der Waals surface area contributed by atoms with Gasteiger partial charge in [0.2, 0.25) is 5.95 Å². The highest BCUT2D eigenvalue weighted by molar-refractivity contribution is 5.29. The van der Waals surface area contributed by atoms with E-state index in [0.29, 0.717) is 11.7 Å². The Labute approximate surface area is 136 Å². The maximum atomic E-state index is 12.8. The number of rotatable bonds is 4. The summed E-state index contributed by atoms with van der Waals surface area (Å²) in [6, 6.07) is 1.22. The maximum Gasteiger partial charge on any atom is 0.433 e. The third-order valence-electron chi connectivity index (χ3n) is 3.81. The van der Waals surface area contributed by atoms with Gasteiger partial charge in [-0.25, -0.2) is 14.6 Å². The molecule has 2 aromatic heterocycles. The van der Waals surface area contributed by atoms with Crippen LogP contribution in [0.4, 0.5) is 19.1 Å². The first kappa shape index (κ1) is 16.6. The Hall–Kier alpha value is -2.23. The van der Waals surface area contributed by atoms with Crippen LogP contribution >= 0.6 is 0 Å². The molecular weight excluding hydrogens is 323 g/mol. The van der Waals surface area contributed by atoms with E-state index in [1.54, 1.807) is 0 Å². The number of halogens is 3. The molecule has 0 atom stereocenters. The predicted octanol–water partition coefficient (Wildman–Crippen LogP) is 1.93. The van der Waals surface area contributed by atoms with E-state index in [4.69, 9.17) is 0 Å². The summed E-state index contributed by atoms with van der Waals surface area (Å²) in [7, 11) is 0. The first-order valence-corrected chi connectivity index (χ1v) is 7.70. The second-order valence-corrected chi connectivity index (χ2v) is 5.74. The van der Waals surface area contributed by atoms with Gasteiger partial charge in [0.1, 0.15) is 11.4 Å². The lowest BCUT2D eigenvalue weighted by Gasteiger charge is -2.22. The Kier molecular flexibility index (Phi) is 4.65. The van der Waals surface area contributed by atoms with Crippen LogP contribution in [0.25, 0.3) is 0 Å². The first-order valence-electron chi connectivity index (χ1n) is 7.70. The molecule has 1 saturated heterocycles. The van der Waals surface area contributed by atoms with Gasteiger partial charge >= 0.3 is 6.18 Å². The van der Waals surface area contributed by atoms with Gasteiger partial charge in [0.05, 0.1) is 18.8 Å². The van der Waals surface area contributed by atoms with Crippen molar-refractivity contribution in [3.05, 3.63) is 29.3 Å². The molecule has 130 valence electrons. The molecule has 0 bridgehead atoms. The molecule has 0 saturated carbocycles. The lowest BCUT2D eigenvalue weighted by Crippen LogP contribution is -2.29. The van der Waals surface area contributed by atoms with E-state index in [9.17, 15) is 13.2 Å². The molecule has 2 N–H and O–H groups in total. The van der Waals surface area contributed by atoms with Crippen LogP contribution in [0, 0.1) is 6.92 Å². The number of hydrogen-bond donors (Lipinski definition) is 2. The van der Waals surface area contributed by atoms with Gasteiger partial charge in [0, 0.05) is 5.69 Å². The number of nitrogens with zero attached hydrogens (tertiary/aromatic N) is 5. The molecule has 0 unspecified atom stereocenters. The van der Waals surface area contributed by atoms with Crippen molar-refractivity contribution >= 4 is 5.95 Å². The number of alkyl halides is 3. The Morgan fingerprint density at radius 1 is 1.29 bits per heavy atom. The minimum absolute atomic E-state index is 0.0706. The van der Waals surface area contributed by atoms with Crippen LogP contribution in [0.1, 0.15) is 36.0 Å². The average Bonchev–Trinajstić information content (AvgIpc) is 3.01. The molecule has 0 amide bonds. The van der Waals surface area contributed by atoms with E-state index in [2.05, 4.69) is 30.9 Å². The molecule has 0 radical (unpaired) electrons. The third-order valence-corrected chi connectivity index (χ3v) is 3.81. The van der Waals surface area contributed by atoms with Crippen molar-refractivity contribution in [2.75, 3.05) is 18.4 Å². The maximum absolute atomic E-state index is 12.8. The number of anilines is 1. The average molecular weight is 341 g/mol. The van der Waals surface area contributed by atoms with E-state index in [1.165, 1.54) is 6.92 Å². The molecular formula is C14H18F3N7. The van der Waals surface area contributed by atoms with Crippen LogP contribution in [0.2, 0.25) is 0 Å². The number of aryl methyl sites for hydroxylation is 1. The fourth-order valence-electron chi connectivity index (χ4n) is 2.61. The van der Waals surface area contributed by atoms with Crippen molar-refractivity contribution in [3.63, 3.8) is 0 Å². The normalized spacial score (nSPS) is 16.3. The van der Waals surface area contributed by atoms with Gasteiger partial charge in [-0.3, -0.25) is 0 Å². The van der Waals surface area contributed by atoms with Crippen molar-refractivity contribution in [1.29, 1.82) is 0 Å². The third kappa shape index (κ3) is 3.99. The van der Waals surface area contributed by atoms with Crippen LogP contribution in [0.3, 0.4) is 0 Å². The molecule has 1 aliphatic rings. The van der Waals surface area contributed by atoms with E-state index < -0.39 is 11.9 Å². The van der Waals surface area contributed by atoms with Crippen LogP contribution < -0.4 is 10.6 Å². The second-order valence-electron chi connectivity index (χ2n) is 5.74. The summed E-state index contributed by atoms with van der Waals surface area (Å²) in [5, 5.41) is 14.2. The van der Waals surface area contributed by atoms with Crippen molar-refractivity contribution in [2.45, 2.75) is 38.5 Å². The van der Waals surface area contributed by atoms with E-state index >= 15 is 0 Å². The summed E-state index contributed by atoms with van der Waals surface area (Å²) in [4.78, 5) is 7.48. The SMILES string of the molecule is Cc1cc(C(F)(F)F)nc(NCc2cn(C3CCNCC3)nn2)n1. The summed E-state index contributed by atoms with van der Waals surface area (Å²) >= 11 is 0. The van der Waals surface area contributed by atoms with Gasteiger partial charge in [0.25, 0.3) is 0 Å². The van der Waals surface area contributed by atoms with Crippen LogP contribution in [0.15, 0.2) is 12.3 Å². The van der Waals surface area contributed by atoms with Gasteiger partial charge in [-0.2, -0.15) is 13.2 Å². The Morgan fingerprint density at radius 3 is 2.75 bits per heavy atom. The van der Waals surface area contributed by atoms with Gasteiger partial charge in [-0.1, -0.05) is 5.21 Å². The van der Waals surface area contributed by atoms with Crippen LogP contribution in [-0.4, -0.2) is 38.1 Å². The summed E-state index contributed by atoms with van der Waals surface area (Å²) in [6.45, 7) is 3.59. The molecule has 3 heterocycles. The molecule has 3 rings (SSSR count). The van der Waals surface area contributed by atoms with E-state index in [-0.39, 0.29) is 18.2 Å². The predicted molar refractivity (Wildman–Crippen MR) is 80.3 cm³/mol. The van der Waals surface area contributed by atoms with Crippen LogP contribution in [0.5, 0.6) is 0 Å². The van der Waals surface area contributed by atoms with Crippen molar-refractivity contribution < 1.29 is 13.2 Å². The number of aromatic nitrogens is 5. The molecule has 0 aromatic carbocycles. The second kappa shape index (κ2) is 6.71. The fourth-order valence-corrected chi connectivity index (χ4v) is 2.61. The quantitative estimate of drug-likeness (QED) is 0.885. The molecule has 10 heteroatoms. The van der Waals surface area contributed by atoms with Crippen molar-refractivity contribution in [3.8, 4) is 0 Å². The molecule has 1 aliphatic heterocycles. The van der Waals surface area contributed by atoms with Crippen LogP contribution in [-0.2, 0) is 12.7 Å². The highest BCUT2D eigenvalue weighted by Crippen LogP contribution is 2.28. The lowest BCUT2D eigenvalue weighted by molar-refractivity contribution is -0.141. The highest BCUT2D eigenvalue weighted by Gasteiger charge is 2.33. The smallest absolute Gasteiger partial charge is 0.348 e. The van der Waals surface area contributed by atoms with Gasteiger partial charge in [0.15, 0.2) is 0 Å². The number of nitrogens with one attached hydrogen (secondary N) is 2. The van der Waals surface area contributed by atoms with Gasteiger partial charge in [-0.05, 0) is 38.9 Å². The van der Waals surface area contributed by atoms with E-state index in [1.807, 2.05) is 10.9 Å². The molecule has 24 heavy (non-hydrogen) atoms. The molecule has 0 aliphatic carbocycles. The number of hydrogen-bond acceptors (Lipinski definition) is 6. The fraction of sp³-hybridized carbons (Fsp3) is 0.571. The zero-order chi connectivity index (χ0) is 17.2. The summed E-state index contributed by atoms with van der Waals surface area (Å²) in [5.74, 6) is -0.0706. The minimum atomic E-state index is -4.50. The molecule has 7 nitrogen and oxygen atoms in total. The zero-order valence-electron chi connectivity index (χ0n) is 13.1.